The minimum absolute atomic E-state index is 0.139. The summed E-state index contributed by atoms with van der Waals surface area (Å²) in [5.41, 5.74) is 0.145. The summed E-state index contributed by atoms with van der Waals surface area (Å²) in [6, 6.07) is 12.2. The Morgan fingerprint density at radius 3 is 2.44 bits per heavy atom. The highest BCUT2D eigenvalue weighted by Crippen LogP contribution is 2.28. The van der Waals surface area contributed by atoms with Crippen molar-refractivity contribution >= 4 is 33.1 Å². The number of ether oxygens (including phenoxy) is 1. The average molecular weight is 410 g/mol. The molecule has 1 aliphatic rings. The molecule has 0 unspecified atom stereocenters. The first kappa shape index (κ1) is 19.3. The van der Waals surface area contributed by atoms with Crippen LogP contribution in [0.25, 0.3) is 0 Å². The smallest absolute Gasteiger partial charge is 0.289 e. The number of nitrogens with zero attached hydrogens (tertiary/aromatic N) is 3. The number of hydrogen-bond acceptors (Lipinski definition) is 5. The van der Waals surface area contributed by atoms with Crippen LogP contribution in [0, 0.1) is 10.1 Å². The molecule has 1 heterocycles. The van der Waals surface area contributed by atoms with Gasteiger partial charge in [0, 0.05) is 24.7 Å². The Labute approximate surface area is 161 Å². The fourth-order valence-electron chi connectivity index (χ4n) is 2.61. The lowest BCUT2D eigenvalue weighted by atomic mass is 10.2. The lowest BCUT2D eigenvalue weighted by Gasteiger charge is -2.29. The molecule has 0 amide bonds. The van der Waals surface area contributed by atoms with E-state index < -0.39 is 20.6 Å². The van der Waals surface area contributed by atoms with Crippen LogP contribution in [0.2, 0.25) is 5.02 Å². The molecular weight excluding hydrogens is 394 g/mol. The molecule has 2 aromatic rings. The van der Waals surface area contributed by atoms with Crippen molar-refractivity contribution < 1.29 is 18.1 Å². The molecule has 3 rings (SSSR count). The van der Waals surface area contributed by atoms with E-state index in [9.17, 15) is 18.5 Å². The van der Waals surface area contributed by atoms with Gasteiger partial charge in [0.2, 0.25) is 0 Å². The number of halogens is 1. The minimum atomic E-state index is -4.19. The number of rotatable bonds is 4. The van der Waals surface area contributed by atoms with Crippen LogP contribution in [0.3, 0.4) is 0 Å². The summed E-state index contributed by atoms with van der Waals surface area (Å²) in [6.45, 7) is 1.89. The first-order chi connectivity index (χ1) is 12.9. The van der Waals surface area contributed by atoms with Crippen LogP contribution in [0.1, 0.15) is 5.56 Å². The highest BCUT2D eigenvalue weighted by atomic mass is 35.5. The van der Waals surface area contributed by atoms with Crippen LogP contribution < -0.4 is 0 Å². The molecule has 1 saturated heterocycles. The summed E-state index contributed by atoms with van der Waals surface area (Å²) in [5.74, 6) is 0.275. The van der Waals surface area contributed by atoms with Crippen molar-refractivity contribution in [3.8, 4) is 0 Å². The number of hydrogen-bond donors (Lipinski definition) is 0. The quantitative estimate of drug-likeness (QED) is 0.333. The SMILES string of the molecule is O=[N+]([O-])c1cc(S(=O)(=O)N=C(c2ccccc2)N2CCOCC2)ccc1Cl. The van der Waals surface area contributed by atoms with Gasteiger partial charge in [-0.15, -0.1) is 4.40 Å². The zero-order valence-corrected chi connectivity index (χ0v) is 15.7. The molecule has 27 heavy (non-hydrogen) atoms. The summed E-state index contributed by atoms with van der Waals surface area (Å²) in [6.07, 6.45) is 0. The van der Waals surface area contributed by atoms with Crippen LogP contribution in [0.5, 0.6) is 0 Å². The lowest BCUT2D eigenvalue weighted by molar-refractivity contribution is -0.384. The average Bonchev–Trinajstić information content (AvgIpc) is 2.67. The van der Waals surface area contributed by atoms with E-state index in [0.717, 1.165) is 6.07 Å². The second kappa shape index (κ2) is 8.03. The van der Waals surface area contributed by atoms with E-state index in [0.29, 0.717) is 31.9 Å². The van der Waals surface area contributed by atoms with Gasteiger partial charge in [0.1, 0.15) is 10.9 Å². The van der Waals surface area contributed by atoms with E-state index in [1.54, 1.807) is 24.3 Å². The molecule has 1 aliphatic heterocycles. The molecular formula is C17H16ClN3O5S. The predicted molar refractivity (Wildman–Crippen MR) is 101 cm³/mol. The van der Waals surface area contributed by atoms with Crippen molar-refractivity contribution in [3.05, 3.63) is 69.2 Å². The van der Waals surface area contributed by atoms with Crippen molar-refractivity contribution in [1.29, 1.82) is 0 Å². The Morgan fingerprint density at radius 2 is 1.81 bits per heavy atom. The maximum absolute atomic E-state index is 12.8. The van der Waals surface area contributed by atoms with Gasteiger partial charge in [-0.25, -0.2) is 0 Å². The third-order valence-electron chi connectivity index (χ3n) is 3.96. The maximum atomic E-state index is 12.8. The molecule has 0 aliphatic carbocycles. The van der Waals surface area contributed by atoms with Gasteiger partial charge in [-0.3, -0.25) is 10.1 Å². The minimum Gasteiger partial charge on any atom is -0.378 e. The van der Waals surface area contributed by atoms with Crippen LogP contribution in [-0.4, -0.2) is 50.4 Å². The number of morpholine rings is 1. The monoisotopic (exact) mass is 409 g/mol. The summed E-state index contributed by atoms with van der Waals surface area (Å²) < 4.78 is 35.0. The third kappa shape index (κ3) is 4.44. The highest BCUT2D eigenvalue weighted by molar-refractivity contribution is 7.90. The topological polar surface area (TPSA) is 102 Å². The van der Waals surface area contributed by atoms with Crippen molar-refractivity contribution in [2.75, 3.05) is 26.3 Å². The molecule has 0 atom stereocenters. The Hall–Kier alpha value is -2.49. The first-order valence-corrected chi connectivity index (χ1v) is 9.87. The van der Waals surface area contributed by atoms with Gasteiger partial charge >= 0.3 is 0 Å². The maximum Gasteiger partial charge on any atom is 0.289 e. The standard InChI is InChI=1S/C17H16ClN3O5S/c18-15-7-6-14(12-16(15)21(22)23)27(24,25)19-17(13-4-2-1-3-5-13)20-8-10-26-11-9-20/h1-7,12H,8-11H2. The number of benzene rings is 2. The van der Waals surface area contributed by atoms with Gasteiger partial charge in [-0.05, 0) is 12.1 Å². The Bertz CT molecular complexity index is 973. The Balaban J connectivity index is 2.08. The van der Waals surface area contributed by atoms with Gasteiger partial charge in [0.05, 0.1) is 23.0 Å². The largest absolute Gasteiger partial charge is 0.378 e. The van der Waals surface area contributed by atoms with Gasteiger partial charge in [-0.2, -0.15) is 8.42 Å². The van der Waals surface area contributed by atoms with Gasteiger partial charge in [-0.1, -0.05) is 41.9 Å². The fourth-order valence-corrected chi connectivity index (χ4v) is 3.86. The van der Waals surface area contributed by atoms with Crippen LogP contribution in [0.15, 0.2) is 57.8 Å². The number of nitro groups is 1. The third-order valence-corrected chi connectivity index (χ3v) is 5.54. The molecule has 142 valence electrons. The predicted octanol–water partition coefficient (Wildman–Crippen LogP) is 2.72. The molecule has 2 aromatic carbocycles. The van der Waals surface area contributed by atoms with E-state index in [1.807, 2.05) is 11.0 Å². The summed E-state index contributed by atoms with van der Waals surface area (Å²) in [7, 11) is -4.19. The number of nitro benzene ring substituents is 1. The summed E-state index contributed by atoms with van der Waals surface area (Å²) in [5, 5.41) is 10.9. The Kier molecular flexibility index (Phi) is 5.73. The normalized spacial score (nSPS) is 15.6. The first-order valence-electron chi connectivity index (χ1n) is 8.05. The highest BCUT2D eigenvalue weighted by Gasteiger charge is 2.24. The van der Waals surface area contributed by atoms with Gasteiger partial charge in [0.15, 0.2) is 0 Å². The molecule has 0 spiro atoms. The van der Waals surface area contributed by atoms with Crippen molar-refractivity contribution in [2.24, 2.45) is 4.40 Å². The van der Waals surface area contributed by atoms with E-state index in [-0.39, 0.29) is 15.8 Å². The van der Waals surface area contributed by atoms with E-state index in [1.165, 1.54) is 12.1 Å². The number of amidine groups is 1. The molecule has 10 heteroatoms. The van der Waals surface area contributed by atoms with Crippen molar-refractivity contribution in [3.63, 3.8) is 0 Å². The molecule has 0 N–H and O–H groups in total. The molecule has 8 nitrogen and oxygen atoms in total. The van der Waals surface area contributed by atoms with Crippen molar-refractivity contribution in [2.45, 2.75) is 4.90 Å². The molecule has 1 fully saturated rings. The second-order valence-electron chi connectivity index (χ2n) is 5.73. The van der Waals surface area contributed by atoms with Crippen LogP contribution in [0.4, 0.5) is 5.69 Å². The van der Waals surface area contributed by atoms with Crippen LogP contribution in [-0.2, 0) is 14.8 Å². The molecule has 0 radical (unpaired) electrons. The summed E-state index contributed by atoms with van der Waals surface area (Å²) in [4.78, 5) is 11.9. The van der Waals surface area contributed by atoms with Gasteiger partial charge < -0.3 is 9.64 Å². The fraction of sp³-hybridized carbons (Fsp3) is 0.235. The Morgan fingerprint density at radius 1 is 1.15 bits per heavy atom. The molecule has 0 saturated carbocycles. The second-order valence-corrected chi connectivity index (χ2v) is 7.74. The van der Waals surface area contributed by atoms with E-state index in [4.69, 9.17) is 16.3 Å². The zero-order chi connectivity index (χ0) is 19.4. The summed E-state index contributed by atoms with van der Waals surface area (Å²) >= 11 is 5.77. The zero-order valence-electron chi connectivity index (χ0n) is 14.1. The van der Waals surface area contributed by atoms with Gasteiger partial charge in [0.25, 0.3) is 15.7 Å². The van der Waals surface area contributed by atoms with Crippen molar-refractivity contribution in [1.82, 2.24) is 4.90 Å². The van der Waals surface area contributed by atoms with E-state index >= 15 is 0 Å². The number of sulfonamides is 1. The van der Waals surface area contributed by atoms with Crippen LogP contribution >= 0.6 is 11.6 Å². The lowest BCUT2D eigenvalue weighted by Crippen LogP contribution is -2.41. The molecule has 0 aromatic heterocycles. The molecule has 0 bridgehead atoms. The van der Waals surface area contributed by atoms with E-state index in [2.05, 4.69) is 4.40 Å².